The van der Waals surface area contributed by atoms with E-state index < -0.39 is 17.8 Å². The normalized spacial score (nSPS) is 10.1. The number of hydrogen-bond donors (Lipinski definition) is 3. The lowest BCUT2D eigenvalue weighted by Crippen LogP contribution is -2.48. The van der Waals surface area contributed by atoms with Crippen molar-refractivity contribution >= 4 is 51.0 Å². The van der Waals surface area contributed by atoms with Crippen molar-refractivity contribution in [2.45, 2.75) is 13.8 Å². The van der Waals surface area contributed by atoms with E-state index in [-0.39, 0.29) is 11.7 Å². The van der Waals surface area contributed by atoms with Crippen LogP contribution < -0.4 is 16.2 Å². The van der Waals surface area contributed by atoms with Gasteiger partial charge in [-0.25, -0.2) is 4.79 Å². The van der Waals surface area contributed by atoms with Crippen LogP contribution in [0.5, 0.6) is 0 Å². The molecule has 0 aliphatic rings. The zero-order chi connectivity index (χ0) is 18.1. The van der Waals surface area contributed by atoms with Crippen LogP contribution in [0.4, 0.5) is 0 Å². The van der Waals surface area contributed by atoms with E-state index in [0.717, 1.165) is 22.2 Å². The molecule has 0 atom stereocenters. The second-order valence-electron chi connectivity index (χ2n) is 4.45. The zero-order valence-electron chi connectivity index (χ0n) is 13.0. The molecule has 0 unspecified atom stereocenters. The topological polar surface area (TPSA) is 96.5 Å². The Morgan fingerprint density at radius 2 is 1.96 bits per heavy atom. The highest BCUT2D eigenvalue weighted by molar-refractivity contribution is 9.10. The Labute approximate surface area is 152 Å². The molecule has 9 heteroatoms. The summed E-state index contributed by atoms with van der Waals surface area (Å²) in [6, 6.07) is 5.11. The third-order valence-corrected chi connectivity index (χ3v) is 3.68. The molecule has 0 fully saturated rings. The third kappa shape index (κ3) is 6.88. The number of aryl methyl sites for hydroxylation is 1. The van der Waals surface area contributed by atoms with Crippen molar-refractivity contribution in [3.63, 3.8) is 0 Å². The van der Waals surface area contributed by atoms with Crippen molar-refractivity contribution in [3.05, 3.63) is 46.0 Å². The molecule has 0 bridgehead atoms. The Balaban J connectivity index is 2.45. The molecular formula is C15H16BrN3O4S. The fourth-order valence-electron chi connectivity index (χ4n) is 1.44. The summed E-state index contributed by atoms with van der Waals surface area (Å²) in [5.74, 6) is -1.69. The van der Waals surface area contributed by atoms with E-state index in [4.69, 9.17) is 12.2 Å². The van der Waals surface area contributed by atoms with Gasteiger partial charge in [-0.05, 0) is 43.8 Å². The van der Waals surface area contributed by atoms with Gasteiger partial charge in [-0.1, -0.05) is 22.0 Å². The predicted molar refractivity (Wildman–Crippen MR) is 96.0 cm³/mol. The summed E-state index contributed by atoms with van der Waals surface area (Å²) < 4.78 is 5.43. The predicted octanol–water partition coefficient (Wildman–Crippen LogP) is 1.51. The molecule has 3 N–H and O–H groups in total. The minimum Gasteiger partial charge on any atom is -0.463 e. The molecule has 1 aromatic carbocycles. The van der Waals surface area contributed by atoms with Gasteiger partial charge < -0.3 is 4.74 Å². The summed E-state index contributed by atoms with van der Waals surface area (Å²) in [5, 5.41) is 2.15. The maximum Gasteiger partial charge on any atom is 0.330 e. The number of rotatable bonds is 4. The summed E-state index contributed by atoms with van der Waals surface area (Å²) in [6.07, 6.45) is 1.95. The average molecular weight is 414 g/mol. The van der Waals surface area contributed by atoms with Gasteiger partial charge in [0.1, 0.15) is 0 Å². The molecule has 0 saturated heterocycles. The summed E-state index contributed by atoms with van der Waals surface area (Å²) in [5.41, 5.74) is 6.16. The fourth-order valence-corrected chi connectivity index (χ4v) is 1.97. The number of carbonyl (C=O) groups is 3. The Bertz CT molecular complexity index is 691. The van der Waals surface area contributed by atoms with E-state index in [1.54, 1.807) is 25.1 Å². The number of carbonyl (C=O) groups excluding carboxylic acids is 3. The minimum absolute atomic E-state index is 0.118. The molecule has 2 amide bonds. The van der Waals surface area contributed by atoms with Gasteiger partial charge >= 0.3 is 5.97 Å². The lowest BCUT2D eigenvalue weighted by molar-refractivity contribution is -0.137. The zero-order valence-corrected chi connectivity index (χ0v) is 15.4. The number of amides is 2. The van der Waals surface area contributed by atoms with Gasteiger partial charge in [0.2, 0.25) is 5.91 Å². The number of hydrazine groups is 1. The molecule has 0 spiro atoms. The first-order valence-electron chi connectivity index (χ1n) is 6.85. The van der Waals surface area contributed by atoms with Crippen molar-refractivity contribution in [3.8, 4) is 0 Å². The minimum atomic E-state index is -0.634. The van der Waals surface area contributed by atoms with Crippen molar-refractivity contribution in [2.24, 2.45) is 0 Å². The lowest BCUT2D eigenvalue weighted by atomic mass is 10.1. The summed E-state index contributed by atoms with van der Waals surface area (Å²) in [4.78, 5) is 34.5. The number of esters is 1. The van der Waals surface area contributed by atoms with Gasteiger partial charge in [0.05, 0.1) is 6.61 Å². The molecule has 1 aromatic rings. The summed E-state index contributed by atoms with van der Waals surface area (Å²) in [7, 11) is 0. The summed E-state index contributed by atoms with van der Waals surface area (Å²) >= 11 is 8.20. The quantitative estimate of drug-likeness (QED) is 0.299. The number of thiocarbonyl (C=S) groups is 1. The first kappa shape index (κ1) is 19.8. The molecular weight excluding hydrogens is 398 g/mol. The van der Waals surface area contributed by atoms with Crippen molar-refractivity contribution < 1.29 is 19.1 Å². The van der Waals surface area contributed by atoms with E-state index in [0.29, 0.717) is 5.56 Å². The maximum atomic E-state index is 11.9. The van der Waals surface area contributed by atoms with Crippen molar-refractivity contribution in [2.75, 3.05) is 6.61 Å². The molecule has 0 aromatic heterocycles. The summed E-state index contributed by atoms with van der Waals surface area (Å²) in [6.45, 7) is 3.77. The number of halogens is 1. The van der Waals surface area contributed by atoms with Crippen LogP contribution in [0.1, 0.15) is 22.8 Å². The Kier molecular flexibility index (Phi) is 8.07. The highest BCUT2D eigenvalue weighted by Crippen LogP contribution is 2.17. The van der Waals surface area contributed by atoms with Crippen LogP contribution in [0.3, 0.4) is 0 Å². The Morgan fingerprint density at radius 3 is 2.58 bits per heavy atom. The molecule has 7 nitrogen and oxygen atoms in total. The fraction of sp³-hybridized carbons (Fsp3) is 0.200. The van der Waals surface area contributed by atoms with E-state index >= 15 is 0 Å². The molecule has 0 aliphatic heterocycles. The van der Waals surface area contributed by atoms with Crippen molar-refractivity contribution in [1.29, 1.82) is 0 Å². The highest BCUT2D eigenvalue weighted by atomic mass is 79.9. The molecule has 24 heavy (non-hydrogen) atoms. The maximum absolute atomic E-state index is 11.9. The van der Waals surface area contributed by atoms with Gasteiger partial charge in [-0.2, -0.15) is 0 Å². The van der Waals surface area contributed by atoms with Gasteiger partial charge in [-0.15, -0.1) is 0 Å². The SMILES string of the molecule is CCOC(=O)C=CC(=O)NC(=S)NNC(=O)c1ccc(C)c(Br)c1. The second-order valence-corrected chi connectivity index (χ2v) is 5.71. The van der Waals surface area contributed by atoms with E-state index in [1.807, 2.05) is 6.92 Å². The largest absolute Gasteiger partial charge is 0.463 e. The third-order valence-electron chi connectivity index (χ3n) is 2.62. The second kappa shape index (κ2) is 9.78. The Hall–Kier alpha value is -2.26. The smallest absolute Gasteiger partial charge is 0.330 e. The van der Waals surface area contributed by atoms with Crippen LogP contribution in [0.25, 0.3) is 0 Å². The van der Waals surface area contributed by atoms with Gasteiger partial charge in [0.15, 0.2) is 5.11 Å². The molecule has 0 aliphatic carbocycles. The van der Waals surface area contributed by atoms with E-state index in [9.17, 15) is 14.4 Å². The van der Waals surface area contributed by atoms with Gasteiger partial charge in [0.25, 0.3) is 5.91 Å². The number of benzene rings is 1. The highest BCUT2D eigenvalue weighted by Gasteiger charge is 2.08. The number of nitrogens with one attached hydrogen (secondary N) is 3. The van der Waals surface area contributed by atoms with Crippen LogP contribution in [-0.2, 0) is 14.3 Å². The van der Waals surface area contributed by atoms with Gasteiger partial charge in [-0.3, -0.25) is 25.8 Å². The lowest BCUT2D eigenvalue weighted by Gasteiger charge is -2.10. The standard InChI is InChI=1S/C15H16BrN3O4S/c1-3-23-13(21)7-6-12(20)17-15(24)19-18-14(22)10-5-4-9(2)11(16)8-10/h4-8H,3H2,1-2H3,(H,18,22)(H2,17,19,20,24). The molecule has 0 heterocycles. The van der Waals surface area contributed by atoms with E-state index in [1.165, 1.54) is 0 Å². The van der Waals surface area contributed by atoms with Crippen LogP contribution in [0, 0.1) is 6.92 Å². The van der Waals surface area contributed by atoms with Crippen LogP contribution in [0.15, 0.2) is 34.8 Å². The first-order valence-corrected chi connectivity index (χ1v) is 8.06. The Morgan fingerprint density at radius 1 is 1.25 bits per heavy atom. The molecule has 0 radical (unpaired) electrons. The molecule has 1 rings (SSSR count). The first-order chi connectivity index (χ1) is 11.3. The molecule has 0 saturated carbocycles. The van der Waals surface area contributed by atoms with Crippen LogP contribution in [-0.4, -0.2) is 29.5 Å². The molecule has 128 valence electrons. The van der Waals surface area contributed by atoms with Crippen LogP contribution in [0.2, 0.25) is 0 Å². The number of hydrogen-bond acceptors (Lipinski definition) is 5. The van der Waals surface area contributed by atoms with E-state index in [2.05, 4.69) is 36.8 Å². The van der Waals surface area contributed by atoms with Crippen molar-refractivity contribution in [1.82, 2.24) is 16.2 Å². The van der Waals surface area contributed by atoms with Crippen LogP contribution >= 0.6 is 28.1 Å². The monoisotopic (exact) mass is 413 g/mol. The number of ether oxygens (including phenoxy) is 1. The van der Waals surface area contributed by atoms with Gasteiger partial charge in [0, 0.05) is 22.2 Å². The average Bonchev–Trinajstić information content (AvgIpc) is 2.53.